The van der Waals surface area contributed by atoms with Crippen molar-refractivity contribution in [3.8, 4) is 0 Å². The van der Waals surface area contributed by atoms with Crippen LogP contribution >= 0.6 is 0 Å². The molecule has 106 valence electrons. The van der Waals surface area contributed by atoms with Gasteiger partial charge < -0.3 is 5.32 Å². The second-order valence-electron chi connectivity index (χ2n) is 5.75. The number of aryl methyl sites for hydroxylation is 1. The number of aromatic nitrogens is 2. The van der Waals surface area contributed by atoms with Gasteiger partial charge in [-0.15, -0.1) is 0 Å². The molecule has 0 radical (unpaired) electrons. The third kappa shape index (κ3) is 2.63. The molecule has 20 heavy (non-hydrogen) atoms. The molecule has 0 bridgehead atoms. The molecule has 0 saturated carbocycles. The van der Waals surface area contributed by atoms with Crippen LogP contribution < -0.4 is 5.32 Å². The highest BCUT2D eigenvalue weighted by Gasteiger charge is 2.32. The Morgan fingerprint density at radius 1 is 1.35 bits per heavy atom. The lowest BCUT2D eigenvalue weighted by Crippen LogP contribution is -2.42. The number of hydrogen-bond donors (Lipinski definition) is 1. The molecular formula is C17H23N3. The molecule has 0 saturated heterocycles. The largest absolute Gasteiger partial charge is 0.313 e. The molecule has 1 aromatic carbocycles. The van der Waals surface area contributed by atoms with E-state index in [0.29, 0.717) is 12.0 Å². The van der Waals surface area contributed by atoms with Gasteiger partial charge in [-0.25, -0.2) is 0 Å². The fraction of sp³-hybridized carbons (Fsp3) is 0.471. The zero-order valence-electron chi connectivity index (χ0n) is 12.3. The van der Waals surface area contributed by atoms with E-state index in [1.54, 1.807) is 0 Å². The standard InChI is InChI=1S/C17H23N3/c1-3-9-18-17(12-14-8-10-20(2)19-14)16-11-13-6-4-5-7-15(13)16/h4-8,10,16-18H,3,9,11-12H2,1-2H3. The Labute approximate surface area is 121 Å². The summed E-state index contributed by atoms with van der Waals surface area (Å²) in [6, 6.07) is 11.5. The van der Waals surface area contributed by atoms with Crippen LogP contribution in [-0.4, -0.2) is 22.4 Å². The van der Waals surface area contributed by atoms with Crippen molar-refractivity contribution in [2.24, 2.45) is 7.05 Å². The van der Waals surface area contributed by atoms with E-state index in [4.69, 9.17) is 0 Å². The van der Waals surface area contributed by atoms with Gasteiger partial charge in [0.2, 0.25) is 0 Å². The van der Waals surface area contributed by atoms with E-state index < -0.39 is 0 Å². The maximum atomic E-state index is 4.53. The fourth-order valence-corrected chi connectivity index (χ4v) is 3.14. The minimum absolute atomic E-state index is 0.500. The molecule has 3 rings (SSSR count). The summed E-state index contributed by atoms with van der Waals surface area (Å²) in [7, 11) is 1.98. The number of nitrogens with zero attached hydrogens (tertiary/aromatic N) is 2. The molecule has 0 amide bonds. The summed E-state index contributed by atoms with van der Waals surface area (Å²) in [5, 5.41) is 8.25. The van der Waals surface area contributed by atoms with Gasteiger partial charge in [-0.3, -0.25) is 4.68 Å². The van der Waals surface area contributed by atoms with Crippen LogP contribution in [0, 0.1) is 0 Å². The smallest absolute Gasteiger partial charge is 0.0640 e. The van der Waals surface area contributed by atoms with Crippen LogP contribution in [0.4, 0.5) is 0 Å². The van der Waals surface area contributed by atoms with Crippen LogP contribution in [0.25, 0.3) is 0 Å². The first-order valence-corrected chi connectivity index (χ1v) is 7.57. The third-order valence-electron chi connectivity index (χ3n) is 4.23. The first-order valence-electron chi connectivity index (χ1n) is 7.57. The molecule has 1 heterocycles. The second-order valence-corrected chi connectivity index (χ2v) is 5.75. The summed E-state index contributed by atoms with van der Waals surface area (Å²) in [6.45, 7) is 3.30. The summed E-state index contributed by atoms with van der Waals surface area (Å²) in [6.07, 6.45) is 5.41. The Morgan fingerprint density at radius 3 is 2.90 bits per heavy atom. The number of rotatable bonds is 6. The lowest BCUT2D eigenvalue weighted by Gasteiger charge is -2.37. The van der Waals surface area contributed by atoms with Gasteiger partial charge in [0.25, 0.3) is 0 Å². The minimum atomic E-state index is 0.500. The van der Waals surface area contributed by atoms with Gasteiger partial charge in [0.15, 0.2) is 0 Å². The van der Waals surface area contributed by atoms with Crippen molar-refractivity contribution in [1.82, 2.24) is 15.1 Å². The quantitative estimate of drug-likeness (QED) is 0.874. The van der Waals surface area contributed by atoms with E-state index >= 15 is 0 Å². The van der Waals surface area contributed by atoms with E-state index in [-0.39, 0.29) is 0 Å². The van der Waals surface area contributed by atoms with Gasteiger partial charge in [0.1, 0.15) is 0 Å². The fourth-order valence-electron chi connectivity index (χ4n) is 3.14. The van der Waals surface area contributed by atoms with Crippen molar-refractivity contribution in [2.45, 2.75) is 38.1 Å². The topological polar surface area (TPSA) is 29.9 Å². The van der Waals surface area contributed by atoms with Crippen molar-refractivity contribution in [2.75, 3.05) is 6.54 Å². The normalized spacial score (nSPS) is 18.4. The second kappa shape index (κ2) is 5.80. The highest BCUT2D eigenvalue weighted by molar-refractivity contribution is 5.41. The average Bonchev–Trinajstić information content (AvgIpc) is 2.82. The van der Waals surface area contributed by atoms with Crippen molar-refractivity contribution in [3.63, 3.8) is 0 Å². The molecule has 0 fully saturated rings. The van der Waals surface area contributed by atoms with Gasteiger partial charge in [-0.05, 0) is 36.6 Å². The highest BCUT2D eigenvalue weighted by atomic mass is 15.2. The zero-order valence-corrected chi connectivity index (χ0v) is 12.3. The summed E-state index contributed by atoms with van der Waals surface area (Å²) in [4.78, 5) is 0. The van der Waals surface area contributed by atoms with Crippen LogP contribution in [0.2, 0.25) is 0 Å². The molecule has 2 aromatic rings. The highest BCUT2D eigenvalue weighted by Crippen LogP contribution is 2.38. The molecule has 3 heteroatoms. The van der Waals surface area contributed by atoms with E-state index in [1.165, 1.54) is 29.7 Å². The molecular weight excluding hydrogens is 246 g/mol. The lowest BCUT2D eigenvalue weighted by atomic mass is 9.72. The predicted octanol–water partition coefficient (Wildman–Crippen LogP) is 2.67. The van der Waals surface area contributed by atoms with Crippen molar-refractivity contribution in [3.05, 3.63) is 53.3 Å². The summed E-state index contributed by atoms with van der Waals surface area (Å²) < 4.78 is 1.89. The van der Waals surface area contributed by atoms with Gasteiger partial charge in [0.05, 0.1) is 5.69 Å². The Hall–Kier alpha value is -1.61. The molecule has 2 unspecified atom stereocenters. The van der Waals surface area contributed by atoms with Gasteiger partial charge in [-0.1, -0.05) is 31.2 Å². The number of benzene rings is 1. The van der Waals surface area contributed by atoms with Crippen molar-refractivity contribution >= 4 is 0 Å². The molecule has 3 nitrogen and oxygen atoms in total. The summed E-state index contributed by atoms with van der Waals surface area (Å²) in [5.41, 5.74) is 4.23. The zero-order chi connectivity index (χ0) is 13.9. The first kappa shape index (κ1) is 13.4. The average molecular weight is 269 g/mol. The van der Waals surface area contributed by atoms with Crippen molar-refractivity contribution < 1.29 is 0 Å². The molecule has 1 aromatic heterocycles. The SMILES string of the molecule is CCCNC(Cc1ccn(C)n1)C1Cc2ccccc21. The Morgan fingerprint density at radius 2 is 2.20 bits per heavy atom. The molecule has 1 aliphatic rings. The monoisotopic (exact) mass is 269 g/mol. The number of hydrogen-bond acceptors (Lipinski definition) is 2. The van der Waals surface area contributed by atoms with E-state index in [2.05, 4.69) is 47.7 Å². The van der Waals surface area contributed by atoms with E-state index in [0.717, 1.165) is 13.0 Å². The van der Waals surface area contributed by atoms with Crippen LogP contribution in [0.3, 0.4) is 0 Å². The molecule has 2 atom stereocenters. The van der Waals surface area contributed by atoms with Gasteiger partial charge in [0, 0.05) is 31.6 Å². The minimum Gasteiger partial charge on any atom is -0.313 e. The Balaban J connectivity index is 1.74. The lowest BCUT2D eigenvalue weighted by molar-refractivity contribution is 0.394. The third-order valence-corrected chi connectivity index (χ3v) is 4.23. The maximum absolute atomic E-state index is 4.53. The van der Waals surface area contributed by atoms with E-state index in [1.807, 2.05) is 17.9 Å². The molecule has 0 aliphatic heterocycles. The van der Waals surface area contributed by atoms with Crippen LogP contribution in [-0.2, 0) is 19.9 Å². The number of nitrogens with one attached hydrogen (secondary N) is 1. The summed E-state index contributed by atoms with van der Waals surface area (Å²) >= 11 is 0. The van der Waals surface area contributed by atoms with Crippen LogP contribution in [0.15, 0.2) is 36.5 Å². The van der Waals surface area contributed by atoms with Crippen molar-refractivity contribution in [1.29, 1.82) is 0 Å². The molecule has 1 aliphatic carbocycles. The molecule has 0 spiro atoms. The first-order chi connectivity index (χ1) is 9.78. The van der Waals surface area contributed by atoms with Gasteiger partial charge in [-0.2, -0.15) is 5.10 Å². The maximum Gasteiger partial charge on any atom is 0.0640 e. The van der Waals surface area contributed by atoms with Crippen LogP contribution in [0.1, 0.15) is 36.1 Å². The van der Waals surface area contributed by atoms with E-state index in [9.17, 15) is 0 Å². The number of fused-ring (bicyclic) bond motifs is 1. The Kier molecular flexibility index (Phi) is 3.88. The van der Waals surface area contributed by atoms with Crippen LogP contribution in [0.5, 0.6) is 0 Å². The predicted molar refractivity (Wildman–Crippen MR) is 81.9 cm³/mol. The molecule has 1 N–H and O–H groups in total. The summed E-state index contributed by atoms with van der Waals surface area (Å²) in [5.74, 6) is 0.639. The Bertz CT molecular complexity index is 573. The van der Waals surface area contributed by atoms with Gasteiger partial charge >= 0.3 is 0 Å².